The number of carboxylic acids is 1. The number of benzene rings is 1. The van der Waals surface area contributed by atoms with Crippen molar-refractivity contribution < 1.29 is 14.6 Å². The molecule has 3 N–H and O–H groups in total. The maximum absolute atomic E-state index is 11.0. The van der Waals surface area contributed by atoms with Gasteiger partial charge in [-0.2, -0.15) is 0 Å². The van der Waals surface area contributed by atoms with Crippen LogP contribution in [0.5, 0.6) is 5.88 Å². The number of fused-ring (bicyclic) bond motifs is 1. The van der Waals surface area contributed by atoms with Crippen molar-refractivity contribution in [3.8, 4) is 5.88 Å². The van der Waals surface area contributed by atoms with E-state index in [0.717, 1.165) is 31.1 Å². The third kappa shape index (κ3) is 2.95. The summed E-state index contributed by atoms with van der Waals surface area (Å²) in [6.07, 6.45) is 5.26. The van der Waals surface area contributed by atoms with Gasteiger partial charge in [0.05, 0.1) is 16.5 Å². The van der Waals surface area contributed by atoms with Crippen molar-refractivity contribution in [2.24, 2.45) is 5.73 Å². The molecular formula is C15H17N3O3. The van der Waals surface area contributed by atoms with Gasteiger partial charge >= 0.3 is 5.97 Å². The zero-order valence-corrected chi connectivity index (χ0v) is 11.5. The van der Waals surface area contributed by atoms with Crippen LogP contribution in [0.2, 0.25) is 0 Å². The molecule has 0 spiro atoms. The summed E-state index contributed by atoms with van der Waals surface area (Å²) >= 11 is 0. The highest BCUT2D eigenvalue weighted by atomic mass is 16.5. The Hall–Kier alpha value is -2.21. The fourth-order valence-electron chi connectivity index (χ4n) is 2.62. The van der Waals surface area contributed by atoms with Gasteiger partial charge in [0, 0.05) is 6.04 Å². The summed E-state index contributed by atoms with van der Waals surface area (Å²) in [5.74, 6) is -0.461. The molecule has 2 aromatic rings. The van der Waals surface area contributed by atoms with Crippen LogP contribution in [0.1, 0.15) is 36.0 Å². The van der Waals surface area contributed by atoms with Gasteiger partial charge in [-0.25, -0.2) is 14.8 Å². The maximum Gasteiger partial charge on any atom is 0.335 e. The van der Waals surface area contributed by atoms with E-state index in [1.165, 1.54) is 18.5 Å². The number of rotatable bonds is 3. The van der Waals surface area contributed by atoms with Crippen molar-refractivity contribution in [1.29, 1.82) is 0 Å². The average molecular weight is 287 g/mol. The predicted octanol–water partition coefficient (Wildman–Crippen LogP) is 1.98. The van der Waals surface area contributed by atoms with Gasteiger partial charge in [-0.1, -0.05) is 0 Å². The number of hydrogen-bond donors (Lipinski definition) is 2. The summed E-state index contributed by atoms with van der Waals surface area (Å²) in [5.41, 5.74) is 6.67. The summed E-state index contributed by atoms with van der Waals surface area (Å²) in [4.78, 5) is 19.3. The molecule has 21 heavy (non-hydrogen) atoms. The van der Waals surface area contributed by atoms with Gasteiger partial charge in [0.2, 0.25) is 5.88 Å². The lowest BCUT2D eigenvalue weighted by molar-refractivity contribution is 0.0697. The highest BCUT2D eigenvalue weighted by Crippen LogP contribution is 2.27. The first-order valence-corrected chi connectivity index (χ1v) is 7.04. The summed E-state index contributed by atoms with van der Waals surface area (Å²) in [7, 11) is 0. The Bertz CT molecular complexity index is 666. The summed E-state index contributed by atoms with van der Waals surface area (Å²) in [6, 6.07) is 5.04. The third-order valence-electron chi connectivity index (χ3n) is 3.84. The predicted molar refractivity (Wildman–Crippen MR) is 77.4 cm³/mol. The SMILES string of the molecule is NC1CCC(Oc2ncnc3cc(C(=O)O)ccc23)CC1. The first-order valence-electron chi connectivity index (χ1n) is 7.04. The molecule has 0 bridgehead atoms. The summed E-state index contributed by atoms with van der Waals surface area (Å²) < 4.78 is 5.96. The first-order chi connectivity index (χ1) is 10.1. The van der Waals surface area contributed by atoms with E-state index in [1.54, 1.807) is 6.07 Å². The van der Waals surface area contributed by atoms with E-state index >= 15 is 0 Å². The van der Waals surface area contributed by atoms with Crippen LogP contribution in [-0.4, -0.2) is 33.2 Å². The van der Waals surface area contributed by atoms with Crippen molar-refractivity contribution in [3.05, 3.63) is 30.1 Å². The molecule has 110 valence electrons. The lowest BCUT2D eigenvalue weighted by Gasteiger charge is -2.26. The van der Waals surface area contributed by atoms with E-state index in [0.29, 0.717) is 11.4 Å². The van der Waals surface area contributed by atoms with Crippen LogP contribution >= 0.6 is 0 Å². The molecule has 6 heteroatoms. The molecule has 0 atom stereocenters. The normalized spacial score (nSPS) is 22.1. The number of aromatic carboxylic acids is 1. The molecule has 0 saturated heterocycles. The molecule has 0 amide bonds. The molecule has 1 aromatic carbocycles. The molecule has 1 fully saturated rings. The van der Waals surface area contributed by atoms with E-state index in [1.807, 2.05) is 0 Å². The van der Waals surface area contributed by atoms with E-state index in [2.05, 4.69) is 9.97 Å². The van der Waals surface area contributed by atoms with Crippen LogP contribution in [-0.2, 0) is 0 Å². The van der Waals surface area contributed by atoms with Crippen LogP contribution in [0.3, 0.4) is 0 Å². The number of ether oxygens (including phenoxy) is 1. The monoisotopic (exact) mass is 287 g/mol. The average Bonchev–Trinajstić information content (AvgIpc) is 2.49. The minimum atomic E-state index is -0.973. The van der Waals surface area contributed by atoms with Crippen LogP contribution in [0.15, 0.2) is 24.5 Å². The molecule has 1 heterocycles. The second-order valence-electron chi connectivity index (χ2n) is 5.37. The smallest absolute Gasteiger partial charge is 0.335 e. The molecule has 0 aliphatic heterocycles. The zero-order chi connectivity index (χ0) is 14.8. The van der Waals surface area contributed by atoms with Crippen molar-refractivity contribution in [2.45, 2.75) is 37.8 Å². The minimum Gasteiger partial charge on any atom is -0.478 e. The number of aromatic nitrogens is 2. The summed E-state index contributed by atoms with van der Waals surface area (Å²) in [6.45, 7) is 0. The topological polar surface area (TPSA) is 98.3 Å². The Balaban J connectivity index is 1.87. The van der Waals surface area contributed by atoms with E-state index in [-0.39, 0.29) is 17.7 Å². The number of hydrogen-bond acceptors (Lipinski definition) is 5. The van der Waals surface area contributed by atoms with E-state index < -0.39 is 5.97 Å². The molecule has 1 aliphatic rings. The van der Waals surface area contributed by atoms with Gasteiger partial charge in [-0.05, 0) is 43.9 Å². The van der Waals surface area contributed by atoms with Gasteiger partial charge in [0.25, 0.3) is 0 Å². The largest absolute Gasteiger partial charge is 0.478 e. The maximum atomic E-state index is 11.0. The zero-order valence-electron chi connectivity index (χ0n) is 11.5. The Kier molecular flexibility index (Phi) is 3.70. The number of nitrogens with zero attached hydrogens (tertiary/aromatic N) is 2. The molecule has 1 aromatic heterocycles. The lowest BCUT2D eigenvalue weighted by atomic mass is 9.94. The van der Waals surface area contributed by atoms with E-state index in [9.17, 15) is 4.79 Å². The van der Waals surface area contributed by atoms with E-state index in [4.69, 9.17) is 15.6 Å². The van der Waals surface area contributed by atoms with Gasteiger partial charge in [0.1, 0.15) is 12.4 Å². The van der Waals surface area contributed by atoms with Gasteiger partial charge in [-0.3, -0.25) is 0 Å². The lowest BCUT2D eigenvalue weighted by Crippen LogP contribution is -2.31. The van der Waals surface area contributed by atoms with Crippen LogP contribution in [0.25, 0.3) is 10.9 Å². The van der Waals surface area contributed by atoms with Gasteiger partial charge in [0.15, 0.2) is 0 Å². The standard InChI is InChI=1S/C15H17N3O3/c16-10-2-4-11(5-3-10)21-14-12-6-1-9(15(19)20)7-13(12)17-8-18-14/h1,6-8,10-11H,2-5,16H2,(H,19,20). The van der Waals surface area contributed by atoms with Gasteiger partial charge < -0.3 is 15.6 Å². The highest BCUT2D eigenvalue weighted by molar-refractivity contribution is 5.94. The van der Waals surface area contributed by atoms with Crippen molar-refractivity contribution in [2.75, 3.05) is 0 Å². The molecule has 0 unspecified atom stereocenters. The van der Waals surface area contributed by atoms with Crippen molar-refractivity contribution in [3.63, 3.8) is 0 Å². The quantitative estimate of drug-likeness (QED) is 0.895. The number of carboxylic acid groups (broad SMARTS) is 1. The number of carbonyl (C=O) groups is 1. The summed E-state index contributed by atoms with van der Waals surface area (Å²) in [5, 5.41) is 9.75. The Morgan fingerprint density at radius 3 is 2.71 bits per heavy atom. The van der Waals surface area contributed by atoms with Crippen LogP contribution in [0.4, 0.5) is 0 Å². The van der Waals surface area contributed by atoms with Crippen LogP contribution in [0, 0.1) is 0 Å². The minimum absolute atomic E-state index is 0.113. The number of nitrogens with two attached hydrogens (primary N) is 1. The van der Waals surface area contributed by atoms with Gasteiger partial charge in [-0.15, -0.1) is 0 Å². The molecule has 1 aliphatic carbocycles. The molecule has 1 saturated carbocycles. The van der Waals surface area contributed by atoms with Crippen molar-refractivity contribution in [1.82, 2.24) is 9.97 Å². The van der Waals surface area contributed by atoms with Crippen LogP contribution < -0.4 is 10.5 Å². The third-order valence-corrected chi connectivity index (χ3v) is 3.84. The second-order valence-corrected chi connectivity index (χ2v) is 5.37. The fourth-order valence-corrected chi connectivity index (χ4v) is 2.62. The fraction of sp³-hybridized carbons (Fsp3) is 0.400. The molecule has 0 radical (unpaired) electrons. The molecule has 3 rings (SSSR count). The van der Waals surface area contributed by atoms with Crippen molar-refractivity contribution >= 4 is 16.9 Å². The Morgan fingerprint density at radius 2 is 2.00 bits per heavy atom. The Labute approximate surface area is 122 Å². The Morgan fingerprint density at radius 1 is 1.24 bits per heavy atom. The first kappa shape index (κ1) is 13.8. The molecular weight excluding hydrogens is 270 g/mol. The molecule has 6 nitrogen and oxygen atoms in total. The second kappa shape index (κ2) is 5.65. The highest BCUT2D eigenvalue weighted by Gasteiger charge is 2.21.